The first-order valence-electron chi connectivity index (χ1n) is 5.95. The maximum atomic E-state index is 13.0. The fourth-order valence-corrected chi connectivity index (χ4v) is 1.17. The van der Waals surface area contributed by atoms with Crippen LogP contribution in [0.3, 0.4) is 0 Å². The second kappa shape index (κ2) is 12.7. The first kappa shape index (κ1) is 19.5. The van der Waals surface area contributed by atoms with Crippen LogP contribution in [0, 0.1) is 5.82 Å². The molecular weight excluding hydrogens is 401 g/mol. The van der Waals surface area contributed by atoms with E-state index in [-0.39, 0.29) is 5.69 Å². The summed E-state index contributed by atoms with van der Waals surface area (Å²) in [7, 11) is 1.60. The van der Waals surface area contributed by atoms with E-state index in [1.165, 1.54) is 25.4 Å². The molecule has 0 saturated carbocycles. The Labute approximate surface area is 120 Å². The van der Waals surface area contributed by atoms with E-state index in [0.717, 1.165) is 4.08 Å². The molecule has 0 radical (unpaired) electrons. The third-order valence-electron chi connectivity index (χ3n) is 1.69. The number of methoxy groups -OCH3 is 1. The molecule has 0 bridgehead atoms. The number of nitrogen functional groups attached to an aromatic ring is 1. The van der Waals surface area contributed by atoms with Crippen LogP contribution in [0.5, 0.6) is 0 Å². The molecule has 2 N–H and O–H groups in total. The van der Waals surface area contributed by atoms with E-state index in [2.05, 4.69) is 0 Å². The van der Waals surface area contributed by atoms with E-state index in [1.807, 2.05) is 27.7 Å². The van der Waals surface area contributed by atoms with E-state index in [0.29, 0.717) is 5.56 Å². The van der Waals surface area contributed by atoms with Gasteiger partial charge in [-0.3, -0.25) is 0 Å². The average Bonchev–Trinajstić information content (AvgIpc) is 2.44. The molecule has 1 aromatic carbocycles. The molecule has 4 heteroatoms. The second-order valence-electron chi connectivity index (χ2n) is 2.60. The number of nitrogens with two attached hydrogens (primary N) is 1. The minimum absolute atomic E-state index is 0.169. The van der Waals surface area contributed by atoms with Gasteiger partial charge < -0.3 is 0 Å². The Morgan fingerprint density at radius 3 is 2.33 bits per heavy atom. The summed E-state index contributed by atoms with van der Waals surface area (Å²) in [5.41, 5.74) is 6.38. The van der Waals surface area contributed by atoms with E-state index >= 15 is 0 Å². The first-order valence-corrected chi connectivity index (χ1v) is 7.42. The molecule has 0 aliphatic heterocycles. The molecule has 18 heavy (non-hydrogen) atoms. The molecule has 2 nitrogen and oxygen atoms in total. The van der Waals surface area contributed by atoms with Gasteiger partial charge in [-0.05, 0) is 0 Å². The average molecular weight is 423 g/mol. The van der Waals surface area contributed by atoms with Gasteiger partial charge in [-0.2, -0.15) is 0 Å². The third-order valence-corrected chi connectivity index (χ3v) is 2.77. The van der Waals surface area contributed by atoms with E-state index < -0.39 is 5.82 Å². The molecule has 102 valence electrons. The number of rotatable bonds is 3. The van der Waals surface area contributed by atoms with Crippen LogP contribution in [0.4, 0.5) is 10.1 Å². The standard InChI is InChI=1S/C10H10FNO.2C2H6.W/c1-13-7-3-5-8-4-2-6-9(11)10(8)12;2*1-2;/h2-6H,12H2,1H3;2*1-2H3;/b5-3+;;;. The summed E-state index contributed by atoms with van der Waals surface area (Å²) >= 11 is 1.22. The number of halogens is 1. The van der Waals surface area contributed by atoms with Gasteiger partial charge in [-0.25, -0.2) is 0 Å². The zero-order valence-corrected chi connectivity index (χ0v) is 14.6. The van der Waals surface area contributed by atoms with E-state index in [9.17, 15) is 4.39 Å². The first-order chi connectivity index (χ1) is 8.65. The van der Waals surface area contributed by atoms with Crippen LogP contribution in [-0.2, 0) is 24.1 Å². The van der Waals surface area contributed by atoms with Gasteiger partial charge in [0.1, 0.15) is 0 Å². The van der Waals surface area contributed by atoms with Crippen molar-refractivity contribution in [2.75, 3.05) is 12.8 Å². The molecule has 0 spiro atoms. The fraction of sp³-hybridized carbons (Fsp3) is 0.357. The molecule has 0 saturated heterocycles. The molecule has 0 amide bonds. The summed E-state index contributed by atoms with van der Waals surface area (Å²) in [5, 5.41) is 0. The number of hydrogen-bond donors (Lipinski definition) is 1. The van der Waals surface area contributed by atoms with E-state index in [1.54, 1.807) is 31.4 Å². The Morgan fingerprint density at radius 2 is 1.83 bits per heavy atom. The Bertz CT molecular complexity index is 378. The van der Waals surface area contributed by atoms with Gasteiger partial charge in [0.05, 0.1) is 0 Å². The molecule has 0 heterocycles. The van der Waals surface area contributed by atoms with Gasteiger partial charge in [-0.1, -0.05) is 27.7 Å². The van der Waals surface area contributed by atoms with Gasteiger partial charge in [0.15, 0.2) is 0 Å². The van der Waals surface area contributed by atoms with Gasteiger partial charge in [0.25, 0.3) is 0 Å². The van der Waals surface area contributed by atoms with Crippen LogP contribution >= 0.6 is 0 Å². The van der Waals surface area contributed by atoms with E-state index in [4.69, 9.17) is 10.5 Å². The van der Waals surface area contributed by atoms with Gasteiger partial charge in [0, 0.05) is 0 Å². The number of benzene rings is 1. The SMILES string of the molecule is CC.CC.CO[C](=[W])/C=C/c1cccc(F)c1N. The Kier molecular flexibility index (Phi) is 13.7. The third kappa shape index (κ3) is 7.52. The summed E-state index contributed by atoms with van der Waals surface area (Å²) in [4.78, 5) is 0. The summed E-state index contributed by atoms with van der Waals surface area (Å²) in [6, 6.07) is 4.72. The number of para-hydroxylation sites is 1. The molecule has 0 fully saturated rings. The monoisotopic (exact) mass is 423 g/mol. The van der Waals surface area contributed by atoms with Crippen molar-refractivity contribution in [1.29, 1.82) is 0 Å². The number of anilines is 1. The molecule has 0 aromatic heterocycles. The minimum atomic E-state index is -0.394. The molecule has 1 aromatic rings. The van der Waals surface area contributed by atoms with Crippen molar-refractivity contribution in [1.82, 2.24) is 0 Å². The van der Waals surface area contributed by atoms with Crippen molar-refractivity contribution < 1.29 is 28.5 Å². The van der Waals surface area contributed by atoms with Crippen molar-refractivity contribution in [3.63, 3.8) is 0 Å². The Balaban J connectivity index is 0. The second-order valence-corrected chi connectivity index (χ2v) is 4.04. The molecule has 0 aliphatic carbocycles. The van der Waals surface area contributed by atoms with Crippen LogP contribution in [0.1, 0.15) is 33.3 Å². The van der Waals surface area contributed by atoms with Crippen LogP contribution in [-0.4, -0.2) is 11.2 Å². The zero-order valence-electron chi connectivity index (χ0n) is 11.7. The van der Waals surface area contributed by atoms with Crippen molar-refractivity contribution in [3.8, 4) is 0 Å². The molecule has 1 rings (SSSR count). The van der Waals surface area contributed by atoms with Crippen LogP contribution in [0.15, 0.2) is 24.3 Å². The van der Waals surface area contributed by atoms with Crippen LogP contribution in [0.25, 0.3) is 6.08 Å². The Morgan fingerprint density at radius 1 is 1.28 bits per heavy atom. The summed E-state index contributed by atoms with van der Waals surface area (Å²) < 4.78 is 18.8. The molecule has 0 aliphatic rings. The normalized spacial score (nSPS) is 9.00. The molecule has 0 unspecified atom stereocenters. The van der Waals surface area contributed by atoms with Gasteiger partial charge in [-0.15, -0.1) is 0 Å². The van der Waals surface area contributed by atoms with Gasteiger partial charge >= 0.3 is 92.8 Å². The van der Waals surface area contributed by atoms with Gasteiger partial charge in [0.2, 0.25) is 0 Å². The zero-order chi connectivity index (χ0) is 14.6. The summed E-state index contributed by atoms with van der Waals surface area (Å²) in [6.45, 7) is 8.00. The quantitative estimate of drug-likeness (QED) is 0.752. The van der Waals surface area contributed by atoms with Crippen molar-refractivity contribution in [2.45, 2.75) is 27.7 Å². The van der Waals surface area contributed by atoms with Crippen LogP contribution < -0.4 is 5.73 Å². The Hall–Kier alpha value is -0.792. The maximum absolute atomic E-state index is 13.0. The summed E-state index contributed by atoms with van der Waals surface area (Å²) in [6.07, 6.45) is 3.52. The van der Waals surface area contributed by atoms with Crippen LogP contribution in [0.2, 0.25) is 0 Å². The van der Waals surface area contributed by atoms with Crippen molar-refractivity contribution in [3.05, 3.63) is 35.7 Å². The van der Waals surface area contributed by atoms with Crippen molar-refractivity contribution >= 4 is 15.8 Å². The summed E-state index contributed by atoms with van der Waals surface area (Å²) in [5.74, 6) is -0.394. The predicted octanol–water partition coefficient (Wildman–Crippen LogP) is 3.80. The topological polar surface area (TPSA) is 35.2 Å². The van der Waals surface area contributed by atoms with Crippen molar-refractivity contribution in [2.24, 2.45) is 0 Å². The predicted molar refractivity (Wildman–Crippen MR) is 74.6 cm³/mol. The number of ether oxygens (including phenoxy) is 1. The molecular formula is C14H22FNOW. The fourth-order valence-electron chi connectivity index (χ4n) is 0.925. The number of hydrogen-bond acceptors (Lipinski definition) is 2. The molecule has 0 atom stereocenters.